The van der Waals surface area contributed by atoms with Crippen molar-refractivity contribution in [3.8, 4) is 28.4 Å². The zero-order chi connectivity index (χ0) is 30.2. The van der Waals surface area contributed by atoms with Crippen LogP contribution in [0.1, 0.15) is 36.6 Å². The van der Waals surface area contributed by atoms with E-state index in [1.54, 1.807) is 19.9 Å². The summed E-state index contributed by atoms with van der Waals surface area (Å²) in [6.07, 6.45) is 0.0429. The van der Waals surface area contributed by atoms with Crippen molar-refractivity contribution < 1.29 is 37.6 Å². The summed E-state index contributed by atoms with van der Waals surface area (Å²) in [6.45, 7) is 8.51. The van der Waals surface area contributed by atoms with Crippen LogP contribution in [0.25, 0.3) is 11.1 Å². The molecule has 0 unspecified atom stereocenters. The number of hydrogen-bond donors (Lipinski definition) is 4. The molecule has 0 heterocycles. The van der Waals surface area contributed by atoms with Crippen LogP contribution < -0.4 is 19.5 Å². The van der Waals surface area contributed by atoms with Gasteiger partial charge in [0, 0.05) is 12.6 Å². The lowest BCUT2D eigenvalue weighted by atomic mass is 9.99. The molecule has 0 spiro atoms. The summed E-state index contributed by atoms with van der Waals surface area (Å²) in [5.41, 5.74) is 4.44. The fourth-order valence-electron chi connectivity index (χ4n) is 4.29. The minimum Gasteiger partial charge on any atom is -0.506 e. The number of nitrogens with one attached hydrogen (secondary N) is 2. The Labute approximate surface area is 241 Å². The molecule has 0 aliphatic heterocycles. The fraction of sp³-hybridized carbons (Fsp3) is 0.367. The van der Waals surface area contributed by atoms with Crippen LogP contribution >= 0.6 is 0 Å². The highest BCUT2D eigenvalue weighted by molar-refractivity contribution is 7.92. The number of esters is 1. The van der Waals surface area contributed by atoms with E-state index in [9.17, 15) is 23.4 Å². The van der Waals surface area contributed by atoms with E-state index in [0.717, 1.165) is 34.3 Å². The minimum absolute atomic E-state index is 0.00672. The average molecular weight is 587 g/mol. The van der Waals surface area contributed by atoms with Gasteiger partial charge in [0.2, 0.25) is 10.0 Å². The second-order valence-electron chi connectivity index (χ2n) is 9.74. The summed E-state index contributed by atoms with van der Waals surface area (Å²) >= 11 is 0. The fourth-order valence-corrected chi connectivity index (χ4v) is 4.86. The molecule has 3 aromatic rings. The monoisotopic (exact) mass is 586 g/mol. The first kappa shape index (κ1) is 31.7. The van der Waals surface area contributed by atoms with E-state index in [0.29, 0.717) is 31.1 Å². The molecule has 0 amide bonds. The van der Waals surface area contributed by atoms with E-state index in [1.165, 1.54) is 12.1 Å². The molecule has 0 fully saturated rings. The van der Waals surface area contributed by atoms with Gasteiger partial charge in [0.25, 0.3) is 0 Å². The number of aromatic hydroxyl groups is 1. The maximum atomic E-state index is 11.5. The van der Waals surface area contributed by atoms with Gasteiger partial charge < -0.3 is 29.7 Å². The van der Waals surface area contributed by atoms with Crippen molar-refractivity contribution >= 4 is 21.7 Å². The molecule has 3 rings (SSSR count). The molecule has 0 saturated carbocycles. The molecule has 3 aromatic carbocycles. The highest BCUT2D eigenvalue weighted by Gasteiger charge is 2.18. The van der Waals surface area contributed by atoms with Crippen molar-refractivity contribution in [1.82, 2.24) is 5.32 Å². The molecule has 0 bridgehead atoms. The van der Waals surface area contributed by atoms with Crippen LogP contribution in [0.5, 0.6) is 17.2 Å². The van der Waals surface area contributed by atoms with Crippen molar-refractivity contribution in [1.29, 1.82) is 0 Å². The van der Waals surface area contributed by atoms with E-state index in [4.69, 9.17) is 14.2 Å². The number of sulfonamides is 1. The van der Waals surface area contributed by atoms with E-state index < -0.39 is 22.1 Å². The van der Waals surface area contributed by atoms with Gasteiger partial charge in [-0.3, -0.25) is 4.72 Å². The smallest absolute Gasteiger partial charge is 0.344 e. The highest BCUT2D eigenvalue weighted by Crippen LogP contribution is 2.31. The number of phenolic OH excluding ortho intramolecular Hbond substituents is 1. The Morgan fingerprint density at radius 3 is 2.24 bits per heavy atom. The van der Waals surface area contributed by atoms with Gasteiger partial charge in [-0.2, -0.15) is 0 Å². The topological polar surface area (TPSA) is 143 Å². The number of aryl methyl sites for hydroxylation is 2. The van der Waals surface area contributed by atoms with E-state index in [-0.39, 0.29) is 24.1 Å². The van der Waals surface area contributed by atoms with Crippen molar-refractivity contribution in [3.05, 3.63) is 71.3 Å². The van der Waals surface area contributed by atoms with Crippen molar-refractivity contribution in [2.24, 2.45) is 0 Å². The van der Waals surface area contributed by atoms with Crippen LogP contribution in [0.15, 0.2) is 54.6 Å². The number of hydrogen-bond acceptors (Lipinski definition) is 9. The van der Waals surface area contributed by atoms with Crippen LogP contribution in [0.4, 0.5) is 5.69 Å². The van der Waals surface area contributed by atoms with Crippen LogP contribution in [-0.2, 0) is 19.6 Å². The molecule has 222 valence electrons. The second kappa shape index (κ2) is 14.2. The lowest BCUT2D eigenvalue weighted by Crippen LogP contribution is -2.35. The molecule has 2 atom stereocenters. The summed E-state index contributed by atoms with van der Waals surface area (Å²) in [4.78, 5) is 11.5. The minimum atomic E-state index is -3.58. The second-order valence-corrected chi connectivity index (χ2v) is 11.5. The molecule has 0 saturated heterocycles. The van der Waals surface area contributed by atoms with Gasteiger partial charge in [-0.1, -0.05) is 18.2 Å². The molecule has 0 radical (unpaired) electrons. The van der Waals surface area contributed by atoms with Crippen LogP contribution in [0.2, 0.25) is 0 Å². The van der Waals surface area contributed by atoms with E-state index in [2.05, 4.69) is 10.0 Å². The summed E-state index contributed by atoms with van der Waals surface area (Å²) in [6, 6.07) is 15.5. The number of benzene rings is 3. The quantitative estimate of drug-likeness (QED) is 0.125. The number of carbonyl (C=O) groups excluding carboxylic acids is 1. The van der Waals surface area contributed by atoms with E-state index in [1.807, 2.05) is 50.2 Å². The van der Waals surface area contributed by atoms with Gasteiger partial charge in [-0.05, 0) is 91.9 Å². The molecule has 11 heteroatoms. The molecule has 0 aliphatic carbocycles. The van der Waals surface area contributed by atoms with Crippen LogP contribution in [0.3, 0.4) is 0 Å². The van der Waals surface area contributed by atoms with Crippen molar-refractivity contribution in [2.75, 3.05) is 37.3 Å². The van der Waals surface area contributed by atoms with Crippen LogP contribution in [0, 0.1) is 13.8 Å². The number of rotatable bonds is 14. The number of anilines is 1. The number of aliphatic hydroxyl groups is 1. The van der Waals surface area contributed by atoms with Crippen molar-refractivity contribution in [2.45, 2.75) is 39.8 Å². The predicted molar refractivity (Wildman–Crippen MR) is 158 cm³/mol. The summed E-state index contributed by atoms with van der Waals surface area (Å²) < 4.78 is 41.7. The molecule has 0 aliphatic rings. The number of ether oxygens (including phenoxy) is 3. The maximum Gasteiger partial charge on any atom is 0.344 e. The van der Waals surface area contributed by atoms with Gasteiger partial charge >= 0.3 is 5.97 Å². The predicted octanol–water partition coefficient (Wildman–Crippen LogP) is 4.08. The lowest BCUT2D eigenvalue weighted by molar-refractivity contribution is -0.145. The average Bonchev–Trinajstić information content (AvgIpc) is 2.91. The third-order valence-corrected chi connectivity index (χ3v) is 6.85. The summed E-state index contributed by atoms with van der Waals surface area (Å²) in [5, 5.41) is 23.9. The molecule has 4 N–H and O–H groups in total. The normalized spacial score (nSPS) is 12.8. The Kier molecular flexibility index (Phi) is 11.0. The van der Waals surface area contributed by atoms with Gasteiger partial charge in [-0.25, -0.2) is 13.2 Å². The van der Waals surface area contributed by atoms with Gasteiger partial charge in [0.05, 0.1) is 24.7 Å². The Hall–Kier alpha value is -3.80. The molecular formula is C30H38N2O8S. The molecule has 0 aromatic heterocycles. The van der Waals surface area contributed by atoms with Gasteiger partial charge in [0.15, 0.2) is 6.61 Å². The standard InChI is InChI=1S/C30H38N2O8S/c1-6-38-28(34)18-40-25-10-7-22(8-11-25)24-15-19(2)30(20(3)16-24)39-14-13-31-21(4)29(35)23-9-12-27(33)26(17-23)32-41(5,36)37/h7-12,15-17,21,29,31-33,35H,6,13-14,18H2,1-5H3/t21-,29-/m0/s1. The molecule has 10 nitrogen and oxygen atoms in total. The van der Waals surface area contributed by atoms with Gasteiger partial charge in [0.1, 0.15) is 23.9 Å². The summed E-state index contributed by atoms with van der Waals surface area (Å²) in [7, 11) is -3.58. The summed E-state index contributed by atoms with van der Waals surface area (Å²) in [5.74, 6) is 0.732. The Balaban J connectivity index is 1.55. The third-order valence-electron chi connectivity index (χ3n) is 6.26. The SMILES string of the molecule is CCOC(=O)COc1ccc(-c2cc(C)c(OCCN[C@@H](C)[C@H](O)c3ccc(O)c(NS(C)(=O)=O)c3)c(C)c2)cc1. The zero-order valence-electron chi connectivity index (χ0n) is 23.9. The first-order valence-electron chi connectivity index (χ1n) is 13.2. The first-order valence-corrected chi connectivity index (χ1v) is 15.1. The van der Waals surface area contributed by atoms with Gasteiger partial charge in [-0.15, -0.1) is 0 Å². The Morgan fingerprint density at radius 1 is 0.976 bits per heavy atom. The number of carbonyl (C=O) groups is 1. The largest absolute Gasteiger partial charge is 0.506 e. The zero-order valence-corrected chi connectivity index (χ0v) is 24.7. The Bertz CT molecular complexity index is 1420. The lowest BCUT2D eigenvalue weighted by Gasteiger charge is -2.22. The van der Waals surface area contributed by atoms with Crippen LogP contribution in [-0.4, -0.2) is 63.3 Å². The molecule has 41 heavy (non-hydrogen) atoms. The number of aliphatic hydroxyl groups excluding tert-OH is 1. The third kappa shape index (κ3) is 9.38. The highest BCUT2D eigenvalue weighted by atomic mass is 32.2. The maximum absolute atomic E-state index is 11.5. The first-order chi connectivity index (χ1) is 19.4. The van der Waals surface area contributed by atoms with E-state index >= 15 is 0 Å². The Morgan fingerprint density at radius 2 is 1.63 bits per heavy atom. The van der Waals surface area contributed by atoms with Crippen molar-refractivity contribution in [3.63, 3.8) is 0 Å². The number of phenols is 1. The molecular weight excluding hydrogens is 548 g/mol.